The Hall–Kier alpha value is -3.43. The molecule has 1 heterocycles. The van der Waals surface area contributed by atoms with Crippen molar-refractivity contribution < 1.29 is 18.0 Å². The predicted octanol–water partition coefficient (Wildman–Crippen LogP) is 4.32. The summed E-state index contributed by atoms with van der Waals surface area (Å²) >= 11 is 0. The molecule has 0 spiro atoms. The molecule has 3 amide bonds. The van der Waals surface area contributed by atoms with Crippen molar-refractivity contribution in [2.24, 2.45) is 11.8 Å². The van der Waals surface area contributed by atoms with Gasteiger partial charge in [-0.1, -0.05) is 56.3 Å². The van der Waals surface area contributed by atoms with Gasteiger partial charge in [-0.25, -0.2) is 17.9 Å². The predicted molar refractivity (Wildman–Crippen MR) is 146 cm³/mol. The van der Waals surface area contributed by atoms with Gasteiger partial charge in [-0.05, 0) is 42.5 Å². The number of amides is 3. The van der Waals surface area contributed by atoms with Crippen LogP contribution in [0.15, 0.2) is 65.6 Å². The van der Waals surface area contributed by atoms with Gasteiger partial charge in [0.25, 0.3) is 5.91 Å². The molecule has 0 radical (unpaired) electrons. The quantitative estimate of drug-likeness (QED) is 0.522. The summed E-state index contributed by atoms with van der Waals surface area (Å²) in [5.74, 6) is -0.388. The lowest BCUT2D eigenvalue weighted by atomic mass is 9.87. The van der Waals surface area contributed by atoms with Gasteiger partial charge in [0.05, 0.1) is 4.90 Å². The first kappa shape index (κ1) is 26.6. The molecule has 3 atom stereocenters. The van der Waals surface area contributed by atoms with Crippen molar-refractivity contribution in [2.75, 3.05) is 32.5 Å². The number of carbonyl (C=O) groups excluding carboxylic acids is 2. The van der Waals surface area contributed by atoms with E-state index in [4.69, 9.17) is 0 Å². The van der Waals surface area contributed by atoms with Crippen LogP contribution in [0.2, 0.25) is 0 Å². The highest BCUT2D eigenvalue weighted by molar-refractivity contribution is 7.89. The zero-order valence-corrected chi connectivity index (χ0v) is 22.7. The van der Waals surface area contributed by atoms with Gasteiger partial charge in [0, 0.05) is 55.2 Å². The fraction of sp³-hybridized carbons (Fsp3) is 0.357. The van der Waals surface area contributed by atoms with E-state index in [0.29, 0.717) is 35.1 Å². The molecule has 2 N–H and O–H groups in total. The van der Waals surface area contributed by atoms with Gasteiger partial charge in [-0.15, -0.1) is 0 Å². The first-order chi connectivity index (χ1) is 17.5. The summed E-state index contributed by atoms with van der Waals surface area (Å²) in [7, 11) is -0.461. The molecule has 0 saturated carbocycles. The number of nitrogens with zero attached hydrogens (tertiary/aromatic N) is 2. The molecule has 1 aliphatic heterocycles. The summed E-state index contributed by atoms with van der Waals surface area (Å²) in [4.78, 5) is 28.8. The van der Waals surface area contributed by atoms with E-state index in [2.05, 4.69) is 10.0 Å². The highest BCUT2D eigenvalue weighted by atomic mass is 32.2. The molecule has 1 fully saturated rings. The Labute approximate surface area is 218 Å². The Kier molecular flexibility index (Phi) is 7.57. The van der Waals surface area contributed by atoms with Crippen molar-refractivity contribution in [2.45, 2.75) is 31.7 Å². The van der Waals surface area contributed by atoms with Crippen LogP contribution < -0.4 is 10.0 Å². The van der Waals surface area contributed by atoms with Crippen molar-refractivity contribution in [3.05, 3.63) is 71.8 Å². The third-order valence-corrected chi connectivity index (χ3v) is 8.52. The van der Waals surface area contributed by atoms with Crippen molar-refractivity contribution in [3.8, 4) is 0 Å². The van der Waals surface area contributed by atoms with E-state index in [1.807, 2.05) is 45.0 Å². The first-order valence-corrected chi connectivity index (χ1v) is 13.8. The maximum atomic E-state index is 13.6. The number of hydrogen-bond donors (Lipinski definition) is 2. The van der Waals surface area contributed by atoms with E-state index in [1.165, 1.54) is 11.0 Å². The van der Waals surface area contributed by atoms with Crippen molar-refractivity contribution >= 4 is 38.4 Å². The van der Waals surface area contributed by atoms with E-state index in [-0.39, 0.29) is 34.7 Å². The number of rotatable bonds is 5. The largest absolute Gasteiger partial charge is 0.331 e. The summed E-state index contributed by atoms with van der Waals surface area (Å²) < 4.78 is 30.2. The average Bonchev–Trinajstić information content (AvgIpc) is 2.85. The molecule has 0 aliphatic carbocycles. The number of anilines is 1. The number of nitrogens with one attached hydrogen (secondary N) is 2. The van der Waals surface area contributed by atoms with Crippen LogP contribution in [-0.2, 0) is 10.0 Å². The third kappa shape index (κ3) is 5.47. The van der Waals surface area contributed by atoms with Crippen LogP contribution in [0, 0.1) is 18.8 Å². The van der Waals surface area contributed by atoms with Crippen molar-refractivity contribution in [3.63, 3.8) is 0 Å². The molecule has 3 aromatic rings. The van der Waals surface area contributed by atoms with Crippen LogP contribution in [0.5, 0.6) is 0 Å². The zero-order valence-electron chi connectivity index (χ0n) is 21.9. The van der Waals surface area contributed by atoms with E-state index in [9.17, 15) is 18.0 Å². The summed E-state index contributed by atoms with van der Waals surface area (Å²) in [6.45, 7) is 6.73. The van der Waals surface area contributed by atoms with Crippen molar-refractivity contribution in [1.82, 2.24) is 14.5 Å². The van der Waals surface area contributed by atoms with Crippen molar-refractivity contribution in [1.29, 1.82) is 0 Å². The highest BCUT2D eigenvalue weighted by Crippen LogP contribution is 2.31. The molecule has 1 aliphatic rings. The van der Waals surface area contributed by atoms with Gasteiger partial charge >= 0.3 is 6.03 Å². The van der Waals surface area contributed by atoms with Gasteiger partial charge in [-0.3, -0.25) is 4.79 Å². The zero-order chi connectivity index (χ0) is 26.9. The summed E-state index contributed by atoms with van der Waals surface area (Å²) in [5.41, 5.74) is 1.96. The fourth-order valence-electron chi connectivity index (χ4n) is 5.10. The van der Waals surface area contributed by atoms with Gasteiger partial charge in [0.15, 0.2) is 0 Å². The molecule has 196 valence electrons. The monoisotopic (exact) mass is 522 g/mol. The lowest BCUT2D eigenvalue weighted by molar-refractivity contribution is 0.102. The summed E-state index contributed by atoms with van der Waals surface area (Å²) in [6.07, 6.45) is 0. The number of urea groups is 1. The third-order valence-electron chi connectivity index (χ3n) is 7.00. The van der Waals surface area contributed by atoms with Crippen LogP contribution in [0.25, 0.3) is 10.8 Å². The molecule has 8 nitrogen and oxygen atoms in total. The number of benzene rings is 3. The van der Waals surface area contributed by atoms with Gasteiger partial charge in [-0.2, -0.15) is 0 Å². The van der Waals surface area contributed by atoms with Gasteiger partial charge < -0.3 is 15.1 Å². The number of fused-ring (bicyclic) bond motifs is 1. The fourth-order valence-corrected chi connectivity index (χ4v) is 6.77. The molecule has 0 bridgehead atoms. The maximum absolute atomic E-state index is 13.6. The van der Waals surface area contributed by atoms with Gasteiger partial charge in [0.1, 0.15) is 0 Å². The molecule has 37 heavy (non-hydrogen) atoms. The Morgan fingerprint density at radius 3 is 2.11 bits per heavy atom. The summed E-state index contributed by atoms with van der Waals surface area (Å²) in [5, 5.41) is 4.11. The Morgan fingerprint density at radius 2 is 1.49 bits per heavy atom. The van der Waals surface area contributed by atoms with Crippen LogP contribution in [0.4, 0.5) is 10.5 Å². The second-order valence-corrected chi connectivity index (χ2v) is 11.8. The summed E-state index contributed by atoms with van der Waals surface area (Å²) in [6, 6.07) is 17.2. The molecular formula is C28H34N4O4S. The first-order valence-electron chi connectivity index (χ1n) is 12.4. The Bertz CT molecular complexity index is 1430. The number of sulfonamides is 1. The van der Waals surface area contributed by atoms with Crippen LogP contribution >= 0.6 is 0 Å². The highest BCUT2D eigenvalue weighted by Gasteiger charge is 2.37. The molecule has 0 unspecified atom stereocenters. The number of likely N-dealkylation sites (tertiary alicyclic amines) is 1. The lowest BCUT2D eigenvalue weighted by Crippen LogP contribution is -2.57. The number of piperidine rings is 1. The average molecular weight is 523 g/mol. The normalized spacial score (nSPS) is 20.0. The maximum Gasteiger partial charge on any atom is 0.319 e. The SMILES string of the molecule is Cc1ccccc1C(=O)Nc1ccc(S(=O)(=O)N[C@H]2[C@H](C)CN(C(=O)N(C)C)C[C@@H]2C)c2ccccc12. The standard InChI is InChI=1S/C28H34N4O4S/c1-18-10-6-7-11-21(18)27(33)29-24-14-15-25(23-13-9-8-12-22(23)24)37(35,36)30-26-19(2)16-32(17-20(26)3)28(34)31(4)5/h6-15,19-20,26,30H,16-17H2,1-5H3,(H,29,33)/t19-,20+,26+. The molecule has 4 rings (SSSR count). The van der Waals surface area contributed by atoms with E-state index < -0.39 is 10.0 Å². The lowest BCUT2D eigenvalue weighted by Gasteiger charge is -2.42. The number of hydrogen-bond acceptors (Lipinski definition) is 4. The Balaban J connectivity index is 1.61. The molecule has 9 heteroatoms. The smallest absolute Gasteiger partial charge is 0.319 e. The molecule has 0 aromatic heterocycles. The van der Waals surface area contributed by atoms with E-state index in [1.54, 1.807) is 49.3 Å². The minimum atomic E-state index is -3.89. The van der Waals surface area contributed by atoms with Gasteiger partial charge in [0.2, 0.25) is 10.0 Å². The second-order valence-electron chi connectivity index (χ2n) is 10.1. The number of aryl methyl sites for hydroxylation is 1. The number of carbonyl (C=O) groups is 2. The minimum Gasteiger partial charge on any atom is -0.331 e. The van der Waals surface area contributed by atoms with E-state index in [0.717, 1.165) is 5.56 Å². The topological polar surface area (TPSA) is 98.8 Å². The van der Waals surface area contributed by atoms with Crippen LogP contribution in [0.1, 0.15) is 29.8 Å². The minimum absolute atomic E-state index is 0.0682. The molecule has 1 saturated heterocycles. The second kappa shape index (κ2) is 10.5. The van der Waals surface area contributed by atoms with Crippen LogP contribution in [0.3, 0.4) is 0 Å². The molecule has 3 aromatic carbocycles. The van der Waals surface area contributed by atoms with E-state index >= 15 is 0 Å². The van der Waals surface area contributed by atoms with Crippen LogP contribution in [-0.4, -0.2) is 63.4 Å². The molecular weight excluding hydrogens is 488 g/mol. The Morgan fingerprint density at radius 1 is 0.892 bits per heavy atom.